The highest BCUT2D eigenvalue weighted by atomic mass is 28.4. The van der Waals surface area contributed by atoms with Crippen LogP contribution in [-0.4, -0.2) is 134 Å². The van der Waals surface area contributed by atoms with Gasteiger partial charge in [0, 0.05) is 6.61 Å². The van der Waals surface area contributed by atoms with Crippen LogP contribution >= 0.6 is 0 Å². The van der Waals surface area contributed by atoms with Gasteiger partial charge in [-0.1, -0.05) is 53.4 Å². The fourth-order valence-electron chi connectivity index (χ4n) is 3.24. The third kappa shape index (κ3) is 29.9. The standard InChI is InChI=1S/C31H66O10Si/c1-7-8-9-10-11-12-32-13-14-33-15-16-34-17-18-35-19-20-36-21-22-37-23-24-38-25-26-39-27-28-40-29-30-41-42(5,6)31(2,3)4/h7-30H2,1-6H3. The lowest BCUT2D eigenvalue weighted by molar-refractivity contribution is -0.0254. The second-order valence-corrected chi connectivity index (χ2v) is 16.3. The molecule has 10 nitrogen and oxygen atoms in total. The van der Waals surface area contributed by atoms with Gasteiger partial charge in [-0.2, -0.15) is 0 Å². The molecule has 0 saturated heterocycles. The van der Waals surface area contributed by atoms with E-state index >= 15 is 0 Å². The van der Waals surface area contributed by atoms with Crippen LogP contribution in [0, 0.1) is 0 Å². The summed E-state index contributed by atoms with van der Waals surface area (Å²) in [6.45, 7) is 24.4. The maximum Gasteiger partial charge on any atom is 0.192 e. The molecule has 0 amide bonds. The molecule has 0 aromatic heterocycles. The van der Waals surface area contributed by atoms with Crippen LogP contribution in [-0.2, 0) is 47.1 Å². The summed E-state index contributed by atoms with van der Waals surface area (Å²) >= 11 is 0. The van der Waals surface area contributed by atoms with Gasteiger partial charge in [-0.15, -0.1) is 0 Å². The van der Waals surface area contributed by atoms with E-state index in [4.69, 9.17) is 47.1 Å². The molecule has 0 aromatic rings. The summed E-state index contributed by atoms with van der Waals surface area (Å²) in [4.78, 5) is 0. The zero-order valence-corrected chi connectivity index (χ0v) is 29.1. The van der Waals surface area contributed by atoms with Gasteiger partial charge in [0.2, 0.25) is 0 Å². The van der Waals surface area contributed by atoms with Gasteiger partial charge in [-0.25, -0.2) is 0 Å². The lowest BCUT2D eigenvalue weighted by Crippen LogP contribution is -2.41. The van der Waals surface area contributed by atoms with Gasteiger partial charge in [0.25, 0.3) is 0 Å². The van der Waals surface area contributed by atoms with Crippen molar-refractivity contribution in [3.63, 3.8) is 0 Å². The lowest BCUT2D eigenvalue weighted by atomic mass is 10.2. The minimum Gasteiger partial charge on any atom is -0.414 e. The zero-order chi connectivity index (χ0) is 31.0. The Morgan fingerprint density at radius 1 is 0.357 bits per heavy atom. The summed E-state index contributed by atoms with van der Waals surface area (Å²) < 4.78 is 55.7. The molecule has 0 spiro atoms. The quantitative estimate of drug-likeness (QED) is 0.0707. The largest absolute Gasteiger partial charge is 0.414 e. The van der Waals surface area contributed by atoms with E-state index < -0.39 is 8.32 Å². The summed E-state index contributed by atoms with van der Waals surface area (Å²) in [5.41, 5.74) is 0. The van der Waals surface area contributed by atoms with E-state index in [9.17, 15) is 0 Å². The minimum atomic E-state index is -1.69. The van der Waals surface area contributed by atoms with Crippen molar-refractivity contribution in [2.24, 2.45) is 0 Å². The van der Waals surface area contributed by atoms with E-state index in [-0.39, 0.29) is 5.04 Å². The summed E-state index contributed by atoms with van der Waals surface area (Å²) in [6.07, 6.45) is 6.30. The van der Waals surface area contributed by atoms with Crippen molar-refractivity contribution in [3.8, 4) is 0 Å². The molecule has 0 N–H and O–H groups in total. The fraction of sp³-hybridized carbons (Fsp3) is 1.00. The first-order valence-electron chi connectivity index (χ1n) is 16.1. The van der Waals surface area contributed by atoms with Crippen LogP contribution in [0.1, 0.15) is 59.8 Å². The van der Waals surface area contributed by atoms with E-state index in [0.29, 0.717) is 119 Å². The molecule has 0 atom stereocenters. The van der Waals surface area contributed by atoms with Crippen LogP contribution in [0.2, 0.25) is 18.1 Å². The molecule has 0 aromatic carbocycles. The molecule has 0 aliphatic carbocycles. The maximum atomic E-state index is 6.08. The number of ether oxygens (including phenoxy) is 9. The predicted octanol–water partition coefficient (Wildman–Crippen LogP) is 5.13. The van der Waals surface area contributed by atoms with Crippen LogP contribution in [0.15, 0.2) is 0 Å². The smallest absolute Gasteiger partial charge is 0.192 e. The van der Waals surface area contributed by atoms with E-state index in [2.05, 4.69) is 40.8 Å². The molecule has 0 bridgehead atoms. The number of rotatable bonds is 34. The monoisotopic (exact) mass is 626 g/mol. The molecule has 254 valence electrons. The summed E-state index contributed by atoms with van der Waals surface area (Å²) in [5.74, 6) is 0. The van der Waals surface area contributed by atoms with Gasteiger partial charge in [-0.05, 0) is 24.6 Å². The number of unbranched alkanes of at least 4 members (excludes halogenated alkanes) is 4. The third-order valence-electron chi connectivity index (χ3n) is 6.87. The molecule has 0 saturated carbocycles. The van der Waals surface area contributed by atoms with Crippen LogP contribution < -0.4 is 0 Å². The molecule has 0 rings (SSSR count). The van der Waals surface area contributed by atoms with Crippen LogP contribution in [0.3, 0.4) is 0 Å². The first kappa shape index (κ1) is 41.8. The van der Waals surface area contributed by atoms with Gasteiger partial charge in [0.15, 0.2) is 8.32 Å². The van der Waals surface area contributed by atoms with Crippen molar-refractivity contribution in [2.75, 3.05) is 126 Å². The topological polar surface area (TPSA) is 92.3 Å². The fourth-order valence-corrected chi connectivity index (χ4v) is 4.27. The van der Waals surface area contributed by atoms with E-state index in [0.717, 1.165) is 13.0 Å². The Morgan fingerprint density at radius 2 is 0.619 bits per heavy atom. The Hall–Kier alpha value is -0.183. The first-order valence-corrected chi connectivity index (χ1v) is 19.1. The van der Waals surface area contributed by atoms with Crippen LogP contribution in [0.4, 0.5) is 0 Å². The molecule has 0 aliphatic heterocycles. The Balaban J connectivity index is 3.12. The number of hydrogen-bond donors (Lipinski definition) is 0. The average Bonchev–Trinajstić information content (AvgIpc) is 2.95. The second kappa shape index (κ2) is 30.8. The number of hydrogen-bond acceptors (Lipinski definition) is 10. The second-order valence-electron chi connectivity index (χ2n) is 11.5. The first-order chi connectivity index (χ1) is 20.3. The Bertz CT molecular complexity index is 534. The van der Waals surface area contributed by atoms with Crippen molar-refractivity contribution in [1.82, 2.24) is 0 Å². The summed E-state index contributed by atoms with van der Waals surface area (Å²) in [5, 5.41) is 0.223. The van der Waals surface area contributed by atoms with Gasteiger partial charge in [-0.3, -0.25) is 0 Å². The molecule has 0 radical (unpaired) electrons. The van der Waals surface area contributed by atoms with Crippen LogP contribution in [0.25, 0.3) is 0 Å². The Morgan fingerprint density at radius 3 is 0.905 bits per heavy atom. The van der Waals surface area contributed by atoms with Crippen molar-refractivity contribution in [3.05, 3.63) is 0 Å². The SMILES string of the molecule is CCCCCCCOCCOCCOCCOCCOCCOCCOCCOCCOCCO[Si](C)(C)C(C)(C)C. The van der Waals surface area contributed by atoms with Crippen molar-refractivity contribution >= 4 is 8.32 Å². The molecule has 0 unspecified atom stereocenters. The molecule has 42 heavy (non-hydrogen) atoms. The molecular formula is C31H66O10Si. The molecule has 0 fully saturated rings. The Kier molecular flexibility index (Phi) is 30.7. The van der Waals surface area contributed by atoms with Crippen LogP contribution in [0.5, 0.6) is 0 Å². The van der Waals surface area contributed by atoms with E-state index in [1.54, 1.807) is 0 Å². The van der Waals surface area contributed by atoms with E-state index in [1.165, 1.54) is 25.7 Å². The lowest BCUT2D eigenvalue weighted by Gasteiger charge is -2.36. The molecule has 0 heterocycles. The maximum absolute atomic E-state index is 6.08. The normalized spacial score (nSPS) is 12.4. The molecule has 11 heteroatoms. The third-order valence-corrected chi connectivity index (χ3v) is 11.4. The molecular weight excluding hydrogens is 560 g/mol. The van der Waals surface area contributed by atoms with E-state index in [1.807, 2.05) is 0 Å². The van der Waals surface area contributed by atoms with Gasteiger partial charge in [0.1, 0.15) is 0 Å². The average molecular weight is 627 g/mol. The zero-order valence-electron chi connectivity index (χ0n) is 28.1. The highest BCUT2D eigenvalue weighted by Gasteiger charge is 2.36. The predicted molar refractivity (Wildman–Crippen MR) is 169 cm³/mol. The highest BCUT2D eigenvalue weighted by molar-refractivity contribution is 6.74. The summed E-state index contributed by atoms with van der Waals surface area (Å²) in [6, 6.07) is 0. The van der Waals surface area contributed by atoms with Gasteiger partial charge in [0.05, 0.1) is 119 Å². The minimum absolute atomic E-state index is 0.223. The van der Waals surface area contributed by atoms with Crippen molar-refractivity contribution < 1.29 is 47.1 Å². The van der Waals surface area contributed by atoms with Gasteiger partial charge >= 0.3 is 0 Å². The van der Waals surface area contributed by atoms with Crippen molar-refractivity contribution in [2.45, 2.75) is 77.9 Å². The van der Waals surface area contributed by atoms with Gasteiger partial charge < -0.3 is 47.1 Å². The highest BCUT2D eigenvalue weighted by Crippen LogP contribution is 2.36. The molecule has 0 aliphatic rings. The Labute approximate surface area is 258 Å². The van der Waals surface area contributed by atoms with Crippen molar-refractivity contribution in [1.29, 1.82) is 0 Å². The summed E-state index contributed by atoms with van der Waals surface area (Å²) in [7, 11) is -1.69.